The molecule has 0 rings (SSSR count). The number of aliphatic carboxylic acids is 1. The van der Waals surface area contributed by atoms with E-state index in [0.717, 1.165) is 23.7 Å². The summed E-state index contributed by atoms with van der Waals surface area (Å²) in [6.45, 7) is 12.4. The first kappa shape index (κ1) is 17.0. The van der Waals surface area contributed by atoms with E-state index in [1.54, 1.807) is 0 Å². The van der Waals surface area contributed by atoms with Crippen LogP contribution in [-0.2, 0) is 9.22 Å². The standard InChI is InChI=1S/C14H26O3Si/c1-6-13(10-11-14(15)16)12(5)17-18(7-2,8-3)9-4/h6H,5,7-11H2,1-4H3,(H,15,16). The van der Waals surface area contributed by atoms with Gasteiger partial charge in [0, 0.05) is 6.42 Å². The van der Waals surface area contributed by atoms with E-state index >= 15 is 0 Å². The van der Waals surface area contributed by atoms with E-state index in [1.807, 2.05) is 13.0 Å². The molecule has 4 heteroatoms. The maximum atomic E-state index is 10.6. The molecule has 0 aromatic rings. The fraction of sp³-hybridized carbons (Fsp3) is 0.643. The first-order valence-electron chi connectivity index (χ1n) is 6.69. The van der Waals surface area contributed by atoms with Crippen LogP contribution in [0.4, 0.5) is 0 Å². The SMILES string of the molecule is C=C(O[Si](CC)(CC)CC)C(=CC)CCC(=O)O. The number of rotatable bonds is 9. The van der Waals surface area contributed by atoms with Gasteiger partial charge in [-0.05, 0) is 37.0 Å². The third-order valence-electron chi connectivity index (χ3n) is 3.59. The smallest absolute Gasteiger partial charge is 0.303 e. The lowest BCUT2D eigenvalue weighted by Gasteiger charge is -2.30. The maximum absolute atomic E-state index is 10.6. The second-order valence-corrected chi connectivity index (χ2v) is 9.17. The normalized spacial score (nSPS) is 12.3. The molecule has 0 fully saturated rings. The summed E-state index contributed by atoms with van der Waals surface area (Å²) in [6, 6.07) is 3.19. The van der Waals surface area contributed by atoms with Gasteiger partial charge < -0.3 is 9.53 Å². The van der Waals surface area contributed by atoms with Crippen molar-refractivity contribution in [2.75, 3.05) is 0 Å². The Morgan fingerprint density at radius 2 is 1.72 bits per heavy atom. The van der Waals surface area contributed by atoms with Crippen LogP contribution >= 0.6 is 0 Å². The van der Waals surface area contributed by atoms with Crippen LogP contribution < -0.4 is 0 Å². The van der Waals surface area contributed by atoms with Crippen LogP contribution in [0.3, 0.4) is 0 Å². The molecule has 104 valence electrons. The fourth-order valence-electron chi connectivity index (χ4n) is 1.98. The average molecular weight is 270 g/mol. The summed E-state index contributed by atoms with van der Waals surface area (Å²) in [6.07, 6.45) is 2.53. The fourth-order valence-corrected chi connectivity index (χ4v) is 4.57. The molecule has 0 unspecified atom stereocenters. The van der Waals surface area contributed by atoms with Gasteiger partial charge in [0.25, 0.3) is 0 Å². The first-order valence-corrected chi connectivity index (χ1v) is 9.22. The Bertz CT molecular complexity index is 309. The Hall–Kier alpha value is -1.03. The molecule has 0 amide bonds. The van der Waals surface area contributed by atoms with Crippen molar-refractivity contribution in [1.82, 2.24) is 0 Å². The number of carbonyl (C=O) groups is 1. The number of hydrogen-bond acceptors (Lipinski definition) is 2. The minimum atomic E-state index is -1.70. The van der Waals surface area contributed by atoms with Crippen LogP contribution in [0.15, 0.2) is 24.0 Å². The molecule has 0 aliphatic rings. The van der Waals surface area contributed by atoms with Gasteiger partial charge in [-0.2, -0.15) is 0 Å². The molecule has 0 aliphatic carbocycles. The summed E-state index contributed by atoms with van der Waals surface area (Å²) in [5, 5.41) is 8.72. The Morgan fingerprint density at radius 1 is 1.22 bits per heavy atom. The van der Waals surface area contributed by atoms with Crippen molar-refractivity contribution in [3.05, 3.63) is 24.0 Å². The number of carboxylic acids is 1. The topological polar surface area (TPSA) is 46.5 Å². The van der Waals surface area contributed by atoms with E-state index in [0.29, 0.717) is 12.2 Å². The zero-order valence-electron chi connectivity index (χ0n) is 12.1. The van der Waals surface area contributed by atoms with E-state index < -0.39 is 14.3 Å². The highest BCUT2D eigenvalue weighted by Gasteiger charge is 2.31. The lowest BCUT2D eigenvalue weighted by Crippen LogP contribution is -2.35. The molecule has 0 atom stereocenters. The highest BCUT2D eigenvalue weighted by Crippen LogP contribution is 2.28. The summed E-state index contributed by atoms with van der Waals surface area (Å²) in [5.74, 6) is -0.108. The third-order valence-corrected chi connectivity index (χ3v) is 8.13. The summed E-state index contributed by atoms with van der Waals surface area (Å²) in [5.41, 5.74) is 0.921. The van der Waals surface area contributed by atoms with Crippen molar-refractivity contribution >= 4 is 14.3 Å². The average Bonchev–Trinajstić information content (AvgIpc) is 2.36. The minimum Gasteiger partial charge on any atom is -0.544 e. The predicted octanol–water partition coefficient (Wildman–Crippen LogP) is 4.33. The number of allylic oxidation sites excluding steroid dienone is 2. The van der Waals surface area contributed by atoms with E-state index in [9.17, 15) is 4.79 Å². The monoisotopic (exact) mass is 270 g/mol. The number of hydrogen-bond donors (Lipinski definition) is 1. The van der Waals surface area contributed by atoms with Crippen LogP contribution in [-0.4, -0.2) is 19.4 Å². The summed E-state index contributed by atoms with van der Waals surface area (Å²) >= 11 is 0. The van der Waals surface area contributed by atoms with Crippen LogP contribution in [0.2, 0.25) is 18.1 Å². The van der Waals surface area contributed by atoms with E-state index in [4.69, 9.17) is 9.53 Å². The zero-order valence-corrected chi connectivity index (χ0v) is 13.1. The second kappa shape index (κ2) is 8.14. The molecule has 0 aromatic carbocycles. The van der Waals surface area contributed by atoms with E-state index in [1.165, 1.54) is 0 Å². The third kappa shape index (κ3) is 5.08. The van der Waals surface area contributed by atoms with Gasteiger partial charge in [0.05, 0.1) is 5.76 Å². The molecule has 0 aliphatic heterocycles. The summed E-state index contributed by atoms with van der Waals surface area (Å²) < 4.78 is 6.15. The second-order valence-electron chi connectivity index (χ2n) is 4.48. The molecule has 0 spiro atoms. The van der Waals surface area contributed by atoms with Gasteiger partial charge in [0.2, 0.25) is 8.32 Å². The Labute approximate surface area is 112 Å². The van der Waals surface area contributed by atoms with Gasteiger partial charge in [-0.25, -0.2) is 0 Å². The lowest BCUT2D eigenvalue weighted by atomic mass is 10.1. The Balaban J connectivity index is 4.66. The summed E-state index contributed by atoms with van der Waals surface area (Å²) in [7, 11) is -1.70. The number of carboxylic acid groups (broad SMARTS) is 1. The molecule has 0 saturated heterocycles. The van der Waals surface area contributed by atoms with Gasteiger partial charge in [0.1, 0.15) is 0 Å². The molecule has 0 aromatic heterocycles. The maximum Gasteiger partial charge on any atom is 0.303 e. The van der Waals surface area contributed by atoms with Crippen molar-refractivity contribution in [3.8, 4) is 0 Å². The highest BCUT2D eigenvalue weighted by atomic mass is 28.4. The van der Waals surface area contributed by atoms with Gasteiger partial charge in [-0.1, -0.05) is 33.4 Å². The quantitative estimate of drug-likeness (QED) is 0.385. The highest BCUT2D eigenvalue weighted by molar-refractivity contribution is 6.73. The van der Waals surface area contributed by atoms with Crippen molar-refractivity contribution in [2.24, 2.45) is 0 Å². The van der Waals surface area contributed by atoms with Gasteiger partial charge >= 0.3 is 5.97 Å². The van der Waals surface area contributed by atoms with Crippen LogP contribution in [0, 0.1) is 0 Å². The molecular formula is C14H26O3Si. The van der Waals surface area contributed by atoms with Crippen molar-refractivity contribution < 1.29 is 14.3 Å². The van der Waals surface area contributed by atoms with E-state index in [2.05, 4.69) is 27.4 Å². The zero-order chi connectivity index (χ0) is 14.2. The van der Waals surface area contributed by atoms with Gasteiger partial charge in [-0.3, -0.25) is 4.79 Å². The molecular weight excluding hydrogens is 244 g/mol. The summed E-state index contributed by atoms with van der Waals surface area (Å²) in [4.78, 5) is 10.6. The van der Waals surface area contributed by atoms with Crippen LogP contribution in [0.1, 0.15) is 40.5 Å². The molecule has 3 nitrogen and oxygen atoms in total. The molecule has 0 radical (unpaired) electrons. The van der Waals surface area contributed by atoms with Crippen molar-refractivity contribution in [3.63, 3.8) is 0 Å². The molecule has 1 N–H and O–H groups in total. The van der Waals surface area contributed by atoms with Crippen LogP contribution in [0.5, 0.6) is 0 Å². The molecule has 0 bridgehead atoms. The van der Waals surface area contributed by atoms with E-state index in [-0.39, 0.29) is 6.42 Å². The lowest BCUT2D eigenvalue weighted by molar-refractivity contribution is -0.136. The molecule has 18 heavy (non-hydrogen) atoms. The Kier molecular flexibility index (Phi) is 7.67. The van der Waals surface area contributed by atoms with Gasteiger partial charge in [0.15, 0.2) is 0 Å². The van der Waals surface area contributed by atoms with Crippen molar-refractivity contribution in [1.29, 1.82) is 0 Å². The van der Waals surface area contributed by atoms with Crippen LogP contribution in [0.25, 0.3) is 0 Å². The van der Waals surface area contributed by atoms with Crippen molar-refractivity contribution in [2.45, 2.75) is 58.7 Å². The largest absolute Gasteiger partial charge is 0.544 e. The molecule has 0 saturated carbocycles. The first-order chi connectivity index (χ1) is 8.44. The Morgan fingerprint density at radius 3 is 2.06 bits per heavy atom. The minimum absolute atomic E-state index is 0.126. The van der Waals surface area contributed by atoms with Gasteiger partial charge in [-0.15, -0.1) is 0 Å². The molecule has 0 heterocycles. The predicted molar refractivity (Wildman–Crippen MR) is 78.0 cm³/mol.